The molecule has 0 aliphatic heterocycles. The number of sulfonamides is 1. The van der Waals surface area contributed by atoms with E-state index in [1.807, 2.05) is 24.3 Å². The second kappa shape index (κ2) is 6.32. The zero-order valence-corrected chi connectivity index (χ0v) is 11.9. The quantitative estimate of drug-likeness (QED) is 0.837. The molecular formula is C14H17NO4S. The van der Waals surface area contributed by atoms with Gasteiger partial charge in [-0.25, -0.2) is 13.1 Å². The van der Waals surface area contributed by atoms with Crippen LogP contribution in [-0.4, -0.2) is 39.9 Å². The number of hydrogen-bond donors (Lipinski definition) is 2. The van der Waals surface area contributed by atoms with Crippen LogP contribution < -0.4 is 4.72 Å². The number of methoxy groups -OCH3 is 1. The minimum Gasteiger partial charge on any atom is -0.389 e. The third-order valence-electron chi connectivity index (χ3n) is 2.90. The molecule has 1 atom stereocenters. The molecule has 0 aliphatic rings. The Bertz CT molecular complexity index is 684. The van der Waals surface area contributed by atoms with Crippen molar-refractivity contribution in [3.05, 3.63) is 42.5 Å². The molecule has 0 saturated carbocycles. The third kappa shape index (κ3) is 3.55. The van der Waals surface area contributed by atoms with Crippen LogP contribution in [0.5, 0.6) is 0 Å². The van der Waals surface area contributed by atoms with Gasteiger partial charge in [-0.2, -0.15) is 0 Å². The molecule has 0 aliphatic carbocycles. The summed E-state index contributed by atoms with van der Waals surface area (Å²) < 4.78 is 31.4. The Kier molecular flexibility index (Phi) is 4.72. The maximum atomic E-state index is 12.1. The predicted molar refractivity (Wildman–Crippen MR) is 77.0 cm³/mol. The minimum absolute atomic E-state index is 0.0804. The first kappa shape index (κ1) is 14.9. The lowest BCUT2D eigenvalue weighted by atomic mass is 10.1. The van der Waals surface area contributed by atoms with Gasteiger partial charge in [-0.1, -0.05) is 30.3 Å². The normalized spacial score (nSPS) is 13.5. The summed E-state index contributed by atoms with van der Waals surface area (Å²) >= 11 is 0. The van der Waals surface area contributed by atoms with Crippen LogP contribution in [0.2, 0.25) is 0 Å². The number of nitrogens with one attached hydrogen (secondary N) is 1. The second-order valence-corrected chi connectivity index (χ2v) is 6.24. The molecule has 0 bridgehead atoms. The van der Waals surface area contributed by atoms with Gasteiger partial charge >= 0.3 is 0 Å². The van der Waals surface area contributed by atoms with Crippen molar-refractivity contribution in [2.24, 2.45) is 0 Å². The molecule has 0 spiro atoms. The SMILES string of the molecule is COCC(O)CNS(=O)(=O)c1ccc2ccccc2c1. The van der Waals surface area contributed by atoms with Crippen molar-refractivity contribution in [3.8, 4) is 0 Å². The van der Waals surface area contributed by atoms with Crippen molar-refractivity contribution in [1.82, 2.24) is 4.72 Å². The lowest BCUT2D eigenvalue weighted by Gasteiger charge is -2.11. The van der Waals surface area contributed by atoms with Gasteiger partial charge in [0.05, 0.1) is 17.6 Å². The van der Waals surface area contributed by atoms with E-state index in [9.17, 15) is 13.5 Å². The molecule has 6 heteroatoms. The second-order valence-electron chi connectivity index (χ2n) is 4.47. The Morgan fingerprint density at radius 3 is 2.60 bits per heavy atom. The molecule has 0 amide bonds. The molecule has 2 N–H and O–H groups in total. The number of ether oxygens (including phenoxy) is 1. The van der Waals surface area contributed by atoms with E-state index in [1.165, 1.54) is 7.11 Å². The molecule has 0 radical (unpaired) electrons. The lowest BCUT2D eigenvalue weighted by Crippen LogP contribution is -2.34. The van der Waals surface area contributed by atoms with Gasteiger partial charge in [0.1, 0.15) is 0 Å². The smallest absolute Gasteiger partial charge is 0.240 e. The van der Waals surface area contributed by atoms with Crippen LogP contribution in [0.25, 0.3) is 10.8 Å². The molecule has 1 unspecified atom stereocenters. The van der Waals surface area contributed by atoms with Crippen molar-refractivity contribution < 1.29 is 18.3 Å². The van der Waals surface area contributed by atoms with Crippen molar-refractivity contribution in [2.45, 2.75) is 11.0 Å². The van der Waals surface area contributed by atoms with Crippen LogP contribution in [0, 0.1) is 0 Å². The number of aliphatic hydroxyl groups excluding tert-OH is 1. The van der Waals surface area contributed by atoms with E-state index in [0.29, 0.717) is 0 Å². The Morgan fingerprint density at radius 2 is 1.90 bits per heavy atom. The van der Waals surface area contributed by atoms with Crippen LogP contribution in [-0.2, 0) is 14.8 Å². The molecular weight excluding hydrogens is 278 g/mol. The zero-order chi connectivity index (χ0) is 14.6. The van der Waals surface area contributed by atoms with E-state index in [1.54, 1.807) is 18.2 Å². The fraction of sp³-hybridized carbons (Fsp3) is 0.286. The van der Waals surface area contributed by atoms with E-state index < -0.39 is 16.1 Å². The third-order valence-corrected chi connectivity index (χ3v) is 4.32. The van der Waals surface area contributed by atoms with Crippen LogP contribution in [0.4, 0.5) is 0 Å². The maximum Gasteiger partial charge on any atom is 0.240 e. The first-order chi connectivity index (χ1) is 9.53. The Hall–Kier alpha value is -1.47. The van der Waals surface area contributed by atoms with Gasteiger partial charge in [0.15, 0.2) is 0 Å². The molecule has 108 valence electrons. The number of benzene rings is 2. The van der Waals surface area contributed by atoms with E-state index in [4.69, 9.17) is 4.74 Å². The highest BCUT2D eigenvalue weighted by Crippen LogP contribution is 2.18. The maximum absolute atomic E-state index is 12.1. The number of fused-ring (bicyclic) bond motifs is 1. The predicted octanol–water partition coefficient (Wildman–Crippen LogP) is 1.13. The molecule has 0 fully saturated rings. The molecule has 2 aromatic carbocycles. The van der Waals surface area contributed by atoms with E-state index >= 15 is 0 Å². The first-order valence-electron chi connectivity index (χ1n) is 6.18. The summed E-state index contributed by atoms with van der Waals surface area (Å²) in [7, 11) is -2.19. The van der Waals surface area contributed by atoms with E-state index in [2.05, 4.69) is 4.72 Å². The summed E-state index contributed by atoms with van der Waals surface area (Å²) in [6, 6.07) is 12.4. The number of aliphatic hydroxyl groups is 1. The van der Waals surface area contributed by atoms with Gasteiger partial charge in [-0.15, -0.1) is 0 Å². The van der Waals surface area contributed by atoms with Gasteiger partial charge < -0.3 is 9.84 Å². The summed E-state index contributed by atoms with van der Waals surface area (Å²) in [6.45, 7) is 0.00321. The van der Waals surface area contributed by atoms with Crippen molar-refractivity contribution >= 4 is 20.8 Å². The summed E-state index contributed by atoms with van der Waals surface area (Å²) in [5.74, 6) is 0. The zero-order valence-electron chi connectivity index (χ0n) is 11.1. The fourth-order valence-corrected chi connectivity index (χ4v) is 2.98. The molecule has 0 aromatic heterocycles. The molecule has 0 heterocycles. The minimum atomic E-state index is -3.63. The molecule has 20 heavy (non-hydrogen) atoms. The number of rotatable bonds is 6. The topological polar surface area (TPSA) is 75.6 Å². The van der Waals surface area contributed by atoms with Gasteiger partial charge in [0.25, 0.3) is 0 Å². The average molecular weight is 295 g/mol. The average Bonchev–Trinajstić information content (AvgIpc) is 2.45. The highest BCUT2D eigenvalue weighted by molar-refractivity contribution is 7.89. The Labute approximate surface area is 118 Å². The standard InChI is InChI=1S/C14H17NO4S/c1-19-10-13(16)9-15-20(17,18)14-7-6-11-4-2-3-5-12(11)8-14/h2-8,13,15-16H,9-10H2,1H3. The molecule has 2 aromatic rings. The van der Waals surface area contributed by atoms with Gasteiger partial charge in [0, 0.05) is 13.7 Å². The van der Waals surface area contributed by atoms with Gasteiger partial charge in [-0.05, 0) is 22.9 Å². The molecule has 5 nitrogen and oxygen atoms in total. The molecule has 2 rings (SSSR count). The summed E-state index contributed by atoms with van der Waals surface area (Å²) in [6.07, 6.45) is -0.866. The number of hydrogen-bond acceptors (Lipinski definition) is 4. The van der Waals surface area contributed by atoms with Crippen LogP contribution in [0.15, 0.2) is 47.4 Å². The highest BCUT2D eigenvalue weighted by atomic mass is 32.2. The van der Waals surface area contributed by atoms with Crippen molar-refractivity contribution in [1.29, 1.82) is 0 Å². The van der Waals surface area contributed by atoms with Gasteiger partial charge in [-0.3, -0.25) is 0 Å². The largest absolute Gasteiger partial charge is 0.389 e. The Balaban J connectivity index is 2.19. The van der Waals surface area contributed by atoms with Crippen molar-refractivity contribution in [3.63, 3.8) is 0 Å². The Morgan fingerprint density at radius 1 is 1.20 bits per heavy atom. The van der Waals surface area contributed by atoms with E-state index in [-0.39, 0.29) is 18.0 Å². The van der Waals surface area contributed by atoms with Crippen LogP contribution in [0.3, 0.4) is 0 Å². The van der Waals surface area contributed by atoms with Crippen LogP contribution >= 0.6 is 0 Å². The van der Waals surface area contributed by atoms with Gasteiger partial charge in [0.2, 0.25) is 10.0 Å². The summed E-state index contributed by atoms with van der Waals surface area (Å²) in [4.78, 5) is 0.181. The highest BCUT2D eigenvalue weighted by Gasteiger charge is 2.16. The first-order valence-corrected chi connectivity index (χ1v) is 7.67. The van der Waals surface area contributed by atoms with Crippen LogP contribution in [0.1, 0.15) is 0 Å². The molecule has 0 saturated heterocycles. The van der Waals surface area contributed by atoms with E-state index in [0.717, 1.165) is 10.8 Å². The monoisotopic (exact) mass is 295 g/mol. The fourth-order valence-electron chi connectivity index (χ4n) is 1.88. The van der Waals surface area contributed by atoms with Crippen molar-refractivity contribution in [2.75, 3.05) is 20.3 Å². The lowest BCUT2D eigenvalue weighted by molar-refractivity contribution is 0.0679. The summed E-state index contributed by atoms with van der Waals surface area (Å²) in [5, 5.41) is 11.3. The summed E-state index contributed by atoms with van der Waals surface area (Å²) in [5.41, 5.74) is 0.